The highest BCUT2D eigenvalue weighted by Crippen LogP contribution is 2.32. The highest BCUT2D eigenvalue weighted by molar-refractivity contribution is 5.92. The molecule has 5 rings (SSSR count). The number of carbonyl (C=O) groups is 2. The maximum absolute atomic E-state index is 13.9. The Morgan fingerprint density at radius 2 is 1.94 bits per heavy atom. The lowest BCUT2D eigenvalue weighted by Gasteiger charge is -2.25. The van der Waals surface area contributed by atoms with E-state index in [0.29, 0.717) is 37.2 Å². The minimum atomic E-state index is -0.297. The third-order valence-electron chi connectivity index (χ3n) is 7.34. The molecule has 1 unspecified atom stereocenters. The number of aromatic nitrogens is 1. The summed E-state index contributed by atoms with van der Waals surface area (Å²) in [5, 5.41) is 3.14. The summed E-state index contributed by atoms with van der Waals surface area (Å²) in [7, 11) is 0. The maximum atomic E-state index is 13.9. The zero-order valence-electron chi connectivity index (χ0n) is 19.2. The van der Waals surface area contributed by atoms with Crippen molar-refractivity contribution in [2.24, 2.45) is 17.8 Å². The van der Waals surface area contributed by atoms with Crippen molar-refractivity contribution < 1.29 is 18.7 Å². The van der Waals surface area contributed by atoms with Crippen molar-refractivity contribution >= 4 is 11.8 Å². The zero-order chi connectivity index (χ0) is 23.5. The Labute approximate surface area is 199 Å². The van der Waals surface area contributed by atoms with Crippen LogP contribution in [-0.2, 0) is 9.53 Å². The van der Waals surface area contributed by atoms with Gasteiger partial charge in [-0.2, -0.15) is 0 Å². The number of likely N-dealkylation sites (tertiary alicyclic amines) is 2. The molecule has 0 spiro atoms. The number of hydrogen-bond donors (Lipinski definition) is 1. The summed E-state index contributed by atoms with van der Waals surface area (Å²) in [6, 6.07) is 11.7. The summed E-state index contributed by atoms with van der Waals surface area (Å²) in [6.45, 7) is 5.23. The Morgan fingerprint density at radius 3 is 2.62 bits per heavy atom. The van der Waals surface area contributed by atoms with Crippen LogP contribution in [0, 0.1) is 23.6 Å². The Balaban J connectivity index is 1.17. The molecule has 0 aliphatic carbocycles. The predicted molar refractivity (Wildman–Crippen MR) is 124 cm³/mol. The van der Waals surface area contributed by atoms with E-state index in [9.17, 15) is 14.0 Å². The van der Waals surface area contributed by atoms with Gasteiger partial charge >= 0.3 is 0 Å². The third kappa shape index (κ3) is 5.13. The Morgan fingerprint density at radius 1 is 1.12 bits per heavy atom. The normalized spacial score (nSPS) is 25.3. The number of amides is 2. The van der Waals surface area contributed by atoms with Crippen molar-refractivity contribution in [1.82, 2.24) is 20.1 Å². The molecule has 1 N–H and O–H groups in total. The van der Waals surface area contributed by atoms with Crippen molar-refractivity contribution in [2.75, 3.05) is 45.9 Å². The van der Waals surface area contributed by atoms with Crippen LogP contribution in [0.5, 0.6) is 0 Å². The minimum absolute atomic E-state index is 0.00585. The number of pyridine rings is 1. The fraction of sp³-hybridized carbons (Fsp3) is 0.500. The second-order valence-electron chi connectivity index (χ2n) is 9.67. The monoisotopic (exact) mass is 466 g/mol. The Hall–Kier alpha value is -2.84. The fourth-order valence-corrected chi connectivity index (χ4v) is 5.48. The van der Waals surface area contributed by atoms with Gasteiger partial charge in [0.25, 0.3) is 5.91 Å². The van der Waals surface area contributed by atoms with E-state index in [1.165, 1.54) is 12.1 Å². The molecule has 3 aliphatic heterocycles. The van der Waals surface area contributed by atoms with E-state index in [2.05, 4.69) is 15.2 Å². The van der Waals surface area contributed by atoms with Gasteiger partial charge in [-0.3, -0.25) is 14.6 Å². The van der Waals surface area contributed by atoms with Gasteiger partial charge in [-0.05, 0) is 54.5 Å². The molecule has 0 bridgehead atoms. The molecule has 180 valence electrons. The lowest BCUT2D eigenvalue weighted by molar-refractivity contribution is -0.125. The molecule has 0 saturated carbocycles. The maximum Gasteiger partial charge on any atom is 0.272 e. The quantitative estimate of drug-likeness (QED) is 0.679. The summed E-state index contributed by atoms with van der Waals surface area (Å²) in [6.07, 6.45) is 3.09. The van der Waals surface area contributed by atoms with Crippen molar-refractivity contribution in [3.63, 3.8) is 0 Å². The van der Waals surface area contributed by atoms with Crippen LogP contribution in [0.15, 0.2) is 48.7 Å². The van der Waals surface area contributed by atoms with Gasteiger partial charge in [0.1, 0.15) is 11.5 Å². The standard InChI is InChI=1S/C26H31FN4O3/c27-22-5-3-4-18(12-22)23(29-25(32)19-8-11-34-17-19)7-10-30-13-20-15-31(16-21(20)14-30)26(33)24-6-1-2-9-28-24/h1-6,9,12,19-21,23H,7-8,10-11,13-17H2,(H,29,32)/t19?,20-,21+,23-/m0/s1. The number of nitrogens with zero attached hydrogens (tertiary/aromatic N) is 3. The molecule has 2 aromatic rings. The smallest absolute Gasteiger partial charge is 0.272 e. The molecule has 4 heterocycles. The SMILES string of the molecule is O=C(N[C@@H](CCN1C[C@@H]2CN(C(=O)c3ccccn3)C[C@@H]2C1)c1cccc(F)c1)C1CCOC1. The first-order valence-electron chi connectivity index (χ1n) is 12.1. The summed E-state index contributed by atoms with van der Waals surface area (Å²) in [5.41, 5.74) is 1.29. The van der Waals surface area contributed by atoms with Gasteiger partial charge in [0.05, 0.1) is 18.6 Å². The summed E-state index contributed by atoms with van der Waals surface area (Å²) >= 11 is 0. The molecule has 8 heteroatoms. The molecule has 4 atom stereocenters. The molecular formula is C26H31FN4O3. The molecule has 7 nitrogen and oxygen atoms in total. The van der Waals surface area contributed by atoms with Crippen LogP contribution in [-0.4, -0.2) is 72.5 Å². The number of fused-ring (bicyclic) bond motifs is 1. The van der Waals surface area contributed by atoms with Gasteiger partial charge in [-0.1, -0.05) is 18.2 Å². The molecule has 0 radical (unpaired) electrons. The topological polar surface area (TPSA) is 74.8 Å². The molecular weight excluding hydrogens is 435 g/mol. The van der Waals surface area contributed by atoms with Gasteiger partial charge in [0.15, 0.2) is 0 Å². The van der Waals surface area contributed by atoms with Crippen molar-refractivity contribution in [3.05, 3.63) is 65.7 Å². The van der Waals surface area contributed by atoms with Crippen LogP contribution < -0.4 is 5.32 Å². The van der Waals surface area contributed by atoms with Gasteiger partial charge in [-0.15, -0.1) is 0 Å². The summed E-state index contributed by atoms with van der Waals surface area (Å²) in [4.78, 5) is 34.0. The van der Waals surface area contributed by atoms with Crippen LogP contribution in [0.25, 0.3) is 0 Å². The van der Waals surface area contributed by atoms with Gasteiger partial charge < -0.3 is 19.9 Å². The van der Waals surface area contributed by atoms with E-state index in [4.69, 9.17) is 4.74 Å². The van der Waals surface area contributed by atoms with E-state index in [0.717, 1.165) is 44.7 Å². The van der Waals surface area contributed by atoms with Crippen LogP contribution in [0.4, 0.5) is 4.39 Å². The first kappa shape index (κ1) is 22.9. The molecule has 1 aromatic heterocycles. The van der Waals surface area contributed by atoms with E-state index in [1.54, 1.807) is 18.3 Å². The van der Waals surface area contributed by atoms with E-state index in [1.807, 2.05) is 23.1 Å². The molecule has 34 heavy (non-hydrogen) atoms. The summed E-state index contributed by atoms with van der Waals surface area (Å²) in [5.74, 6) is 0.454. The molecule has 3 fully saturated rings. The molecule has 2 amide bonds. The van der Waals surface area contributed by atoms with Crippen molar-refractivity contribution in [3.8, 4) is 0 Å². The van der Waals surface area contributed by atoms with Crippen LogP contribution in [0.2, 0.25) is 0 Å². The molecule has 3 aliphatic rings. The van der Waals surface area contributed by atoms with Crippen molar-refractivity contribution in [1.29, 1.82) is 0 Å². The van der Waals surface area contributed by atoms with Gasteiger partial charge in [-0.25, -0.2) is 4.39 Å². The largest absolute Gasteiger partial charge is 0.381 e. The Kier molecular flexibility index (Phi) is 6.87. The van der Waals surface area contributed by atoms with E-state index < -0.39 is 0 Å². The zero-order valence-corrected chi connectivity index (χ0v) is 19.2. The molecule has 3 saturated heterocycles. The molecule has 1 aromatic carbocycles. The average Bonchev–Trinajstić information content (AvgIpc) is 3.59. The highest BCUT2D eigenvalue weighted by Gasteiger charge is 2.42. The predicted octanol–water partition coefficient (Wildman–Crippen LogP) is 2.51. The first-order valence-corrected chi connectivity index (χ1v) is 12.1. The number of hydrogen-bond acceptors (Lipinski definition) is 5. The average molecular weight is 467 g/mol. The van der Waals surface area contributed by atoms with Gasteiger partial charge in [0, 0.05) is 45.5 Å². The van der Waals surface area contributed by atoms with E-state index in [-0.39, 0.29) is 29.6 Å². The van der Waals surface area contributed by atoms with Crippen LogP contribution in [0.1, 0.15) is 34.9 Å². The van der Waals surface area contributed by atoms with Gasteiger partial charge in [0.2, 0.25) is 5.91 Å². The number of carbonyl (C=O) groups excluding carboxylic acids is 2. The Bertz CT molecular complexity index is 1000. The second-order valence-corrected chi connectivity index (χ2v) is 9.67. The summed E-state index contributed by atoms with van der Waals surface area (Å²) < 4.78 is 19.3. The number of halogens is 1. The van der Waals surface area contributed by atoms with Crippen LogP contribution in [0.3, 0.4) is 0 Å². The minimum Gasteiger partial charge on any atom is -0.381 e. The van der Waals surface area contributed by atoms with E-state index >= 15 is 0 Å². The van der Waals surface area contributed by atoms with Crippen LogP contribution >= 0.6 is 0 Å². The third-order valence-corrected chi connectivity index (χ3v) is 7.34. The number of rotatable bonds is 7. The first-order chi connectivity index (χ1) is 16.6. The number of ether oxygens (including phenoxy) is 1. The lowest BCUT2D eigenvalue weighted by atomic mass is 10.0. The lowest BCUT2D eigenvalue weighted by Crippen LogP contribution is -2.37. The van der Waals surface area contributed by atoms with Crippen molar-refractivity contribution in [2.45, 2.75) is 18.9 Å². The number of nitrogens with one attached hydrogen (secondary N) is 1. The fourth-order valence-electron chi connectivity index (χ4n) is 5.48. The second kappa shape index (κ2) is 10.2. The number of benzene rings is 1. The highest BCUT2D eigenvalue weighted by atomic mass is 19.1.